The molecular formula is C15H22BrNO. The van der Waals surface area contributed by atoms with Gasteiger partial charge in [0.25, 0.3) is 0 Å². The summed E-state index contributed by atoms with van der Waals surface area (Å²) in [6.45, 7) is 5.65. The Bertz CT molecular complexity index is 415. The third-order valence-electron chi connectivity index (χ3n) is 4.17. The fourth-order valence-electron chi connectivity index (χ4n) is 2.27. The van der Waals surface area contributed by atoms with Crippen LogP contribution in [0, 0.1) is 5.41 Å². The van der Waals surface area contributed by atoms with Crippen LogP contribution in [0.25, 0.3) is 0 Å². The molecule has 2 rings (SSSR count). The molecule has 0 amide bonds. The smallest absolute Gasteiger partial charge is 0.133 e. The van der Waals surface area contributed by atoms with Crippen LogP contribution in [0.4, 0.5) is 0 Å². The van der Waals surface area contributed by atoms with Crippen molar-refractivity contribution in [1.82, 2.24) is 5.32 Å². The van der Waals surface area contributed by atoms with Gasteiger partial charge in [-0.25, -0.2) is 0 Å². The fraction of sp³-hybridized carbons (Fsp3) is 0.600. The van der Waals surface area contributed by atoms with Gasteiger partial charge in [0.15, 0.2) is 0 Å². The molecule has 1 N–H and O–H groups in total. The highest BCUT2D eigenvalue weighted by Gasteiger charge is 2.40. The minimum atomic E-state index is 0.385. The molecule has 100 valence electrons. The third-order valence-corrected chi connectivity index (χ3v) is 4.79. The van der Waals surface area contributed by atoms with E-state index in [1.165, 1.54) is 24.8 Å². The maximum Gasteiger partial charge on any atom is 0.133 e. The fourth-order valence-corrected chi connectivity index (χ4v) is 2.83. The van der Waals surface area contributed by atoms with Crippen molar-refractivity contribution < 1.29 is 4.74 Å². The van der Waals surface area contributed by atoms with Crippen LogP contribution in [0.2, 0.25) is 0 Å². The molecule has 18 heavy (non-hydrogen) atoms. The monoisotopic (exact) mass is 311 g/mol. The number of hydrogen-bond donors (Lipinski definition) is 1. The summed E-state index contributed by atoms with van der Waals surface area (Å²) in [6.07, 6.45) is 4.06. The van der Waals surface area contributed by atoms with E-state index in [0.29, 0.717) is 11.5 Å². The molecular weight excluding hydrogens is 290 g/mol. The lowest BCUT2D eigenvalue weighted by atomic mass is 10.0. The Morgan fingerprint density at radius 1 is 1.44 bits per heavy atom. The number of methoxy groups -OCH3 is 1. The lowest BCUT2D eigenvalue weighted by Gasteiger charge is -2.19. The highest BCUT2D eigenvalue weighted by molar-refractivity contribution is 9.10. The Hall–Kier alpha value is -0.540. The number of benzene rings is 1. The lowest BCUT2D eigenvalue weighted by molar-refractivity contribution is 0.408. The number of hydrogen-bond acceptors (Lipinski definition) is 2. The molecule has 1 saturated carbocycles. The Balaban J connectivity index is 1.96. The summed E-state index contributed by atoms with van der Waals surface area (Å²) >= 11 is 3.54. The van der Waals surface area contributed by atoms with Crippen molar-refractivity contribution in [3.05, 3.63) is 28.2 Å². The van der Waals surface area contributed by atoms with Gasteiger partial charge >= 0.3 is 0 Å². The highest BCUT2D eigenvalue weighted by Crippen LogP contribution is 2.48. The zero-order valence-corrected chi connectivity index (χ0v) is 13.0. The van der Waals surface area contributed by atoms with Crippen molar-refractivity contribution in [2.24, 2.45) is 5.41 Å². The van der Waals surface area contributed by atoms with Crippen molar-refractivity contribution in [3.8, 4) is 5.75 Å². The van der Waals surface area contributed by atoms with Gasteiger partial charge in [-0.15, -0.1) is 0 Å². The van der Waals surface area contributed by atoms with Crippen molar-refractivity contribution in [2.75, 3.05) is 13.7 Å². The first-order chi connectivity index (χ1) is 8.60. The van der Waals surface area contributed by atoms with Crippen LogP contribution in [0.15, 0.2) is 22.7 Å². The SMILES string of the molecule is CCC1(CNC(C)c2ccc(OC)c(Br)c2)CC1. The average Bonchev–Trinajstić information content (AvgIpc) is 3.16. The molecule has 0 spiro atoms. The lowest BCUT2D eigenvalue weighted by Crippen LogP contribution is -2.26. The van der Waals surface area contributed by atoms with Crippen LogP contribution >= 0.6 is 15.9 Å². The summed E-state index contributed by atoms with van der Waals surface area (Å²) in [4.78, 5) is 0. The second-order valence-electron chi connectivity index (χ2n) is 5.35. The average molecular weight is 312 g/mol. The van der Waals surface area contributed by atoms with Crippen molar-refractivity contribution in [1.29, 1.82) is 0 Å². The summed E-state index contributed by atoms with van der Waals surface area (Å²) in [7, 11) is 1.69. The molecule has 2 nitrogen and oxygen atoms in total. The van der Waals surface area contributed by atoms with Gasteiger partial charge in [0.2, 0.25) is 0 Å². The van der Waals surface area contributed by atoms with E-state index < -0.39 is 0 Å². The van der Waals surface area contributed by atoms with Crippen molar-refractivity contribution >= 4 is 15.9 Å². The largest absolute Gasteiger partial charge is 0.496 e. The molecule has 1 aromatic rings. The van der Waals surface area contributed by atoms with Crippen LogP contribution < -0.4 is 10.1 Å². The van der Waals surface area contributed by atoms with Gasteiger partial charge in [-0.1, -0.05) is 13.0 Å². The standard InChI is InChI=1S/C15H22BrNO/c1-4-15(7-8-15)10-17-11(2)12-5-6-14(18-3)13(16)9-12/h5-6,9,11,17H,4,7-8,10H2,1-3H3. The van der Waals surface area contributed by atoms with E-state index in [2.05, 4.69) is 47.2 Å². The molecule has 1 aliphatic carbocycles. The Morgan fingerprint density at radius 3 is 2.67 bits per heavy atom. The quantitative estimate of drug-likeness (QED) is 0.845. The molecule has 0 aromatic heterocycles. The Labute approximate surface area is 118 Å². The summed E-state index contributed by atoms with van der Waals surface area (Å²) in [5, 5.41) is 3.66. The highest BCUT2D eigenvalue weighted by atomic mass is 79.9. The second-order valence-corrected chi connectivity index (χ2v) is 6.20. The normalized spacial score (nSPS) is 18.4. The first-order valence-electron chi connectivity index (χ1n) is 6.67. The first-order valence-corrected chi connectivity index (χ1v) is 7.46. The molecule has 1 atom stereocenters. The Morgan fingerprint density at radius 2 is 2.17 bits per heavy atom. The molecule has 1 aromatic carbocycles. The molecule has 1 fully saturated rings. The summed E-state index contributed by atoms with van der Waals surface area (Å²) in [5.74, 6) is 0.887. The first kappa shape index (κ1) is 13.9. The molecule has 0 aliphatic heterocycles. The van der Waals surface area contributed by atoms with Gasteiger partial charge in [-0.2, -0.15) is 0 Å². The van der Waals surface area contributed by atoms with Crippen LogP contribution in [-0.4, -0.2) is 13.7 Å². The van der Waals surface area contributed by atoms with Gasteiger partial charge in [0, 0.05) is 12.6 Å². The number of nitrogens with one attached hydrogen (secondary N) is 1. The molecule has 0 radical (unpaired) electrons. The van der Waals surface area contributed by atoms with E-state index in [1.807, 2.05) is 6.07 Å². The van der Waals surface area contributed by atoms with Crippen molar-refractivity contribution in [2.45, 2.75) is 39.2 Å². The van der Waals surface area contributed by atoms with Gasteiger partial charge in [0.1, 0.15) is 5.75 Å². The van der Waals surface area contributed by atoms with E-state index in [-0.39, 0.29) is 0 Å². The van der Waals surface area contributed by atoms with Crippen molar-refractivity contribution in [3.63, 3.8) is 0 Å². The maximum atomic E-state index is 5.25. The van der Waals surface area contributed by atoms with Gasteiger partial charge in [-0.05, 0) is 65.2 Å². The van der Waals surface area contributed by atoms with Crippen LogP contribution in [0.5, 0.6) is 5.75 Å². The van der Waals surface area contributed by atoms with Crippen LogP contribution in [0.1, 0.15) is 44.7 Å². The topological polar surface area (TPSA) is 21.3 Å². The molecule has 0 saturated heterocycles. The number of halogens is 1. The van der Waals surface area contributed by atoms with E-state index in [1.54, 1.807) is 7.11 Å². The molecule has 1 unspecified atom stereocenters. The van der Waals surface area contributed by atoms with Crippen LogP contribution in [0.3, 0.4) is 0 Å². The van der Waals surface area contributed by atoms with Gasteiger partial charge in [-0.3, -0.25) is 0 Å². The maximum absolute atomic E-state index is 5.25. The zero-order chi connectivity index (χ0) is 13.2. The minimum Gasteiger partial charge on any atom is -0.496 e. The summed E-state index contributed by atoms with van der Waals surface area (Å²) < 4.78 is 6.28. The van der Waals surface area contributed by atoms with Crippen LogP contribution in [-0.2, 0) is 0 Å². The van der Waals surface area contributed by atoms with E-state index in [9.17, 15) is 0 Å². The Kier molecular flexibility index (Phi) is 4.33. The number of ether oxygens (including phenoxy) is 1. The molecule has 0 heterocycles. The molecule has 0 bridgehead atoms. The van der Waals surface area contributed by atoms with Gasteiger partial charge in [0.05, 0.1) is 11.6 Å². The minimum absolute atomic E-state index is 0.385. The molecule has 1 aliphatic rings. The predicted octanol–water partition coefficient (Wildman–Crippen LogP) is 4.30. The summed E-state index contributed by atoms with van der Waals surface area (Å²) in [6, 6.07) is 6.68. The molecule has 3 heteroatoms. The number of rotatable bonds is 6. The third kappa shape index (κ3) is 3.07. The summed E-state index contributed by atoms with van der Waals surface area (Å²) in [5.41, 5.74) is 1.90. The second kappa shape index (κ2) is 5.62. The van der Waals surface area contributed by atoms with E-state index in [0.717, 1.165) is 16.8 Å². The van der Waals surface area contributed by atoms with E-state index in [4.69, 9.17) is 4.74 Å². The van der Waals surface area contributed by atoms with Gasteiger partial charge < -0.3 is 10.1 Å². The predicted molar refractivity (Wildman–Crippen MR) is 79.1 cm³/mol. The van der Waals surface area contributed by atoms with E-state index >= 15 is 0 Å². The zero-order valence-electron chi connectivity index (χ0n) is 11.4.